The minimum absolute atomic E-state index is 0.778. The van der Waals surface area contributed by atoms with E-state index >= 15 is 0 Å². The molecule has 0 unspecified atom stereocenters. The maximum atomic E-state index is 5.29. The molecule has 0 atom stereocenters. The van der Waals surface area contributed by atoms with Crippen molar-refractivity contribution in [3.63, 3.8) is 0 Å². The van der Waals surface area contributed by atoms with Crippen molar-refractivity contribution in [1.82, 2.24) is 9.80 Å². The lowest BCUT2D eigenvalue weighted by molar-refractivity contribution is 0.0677. The molecule has 4 heteroatoms. The maximum absolute atomic E-state index is 5.29. The molecule has 0 saturated carbocycles. The predicted molar refractivity (Wildman–Crippen MR) is 55.9 cm³/mol. The van der Waals surface area contributed by atoms with Gasteiger partial charge in [0.05, 0.1) is 18.9 Å². The molecule has 0 N–H and O–H groups in total. The first kappa shape index (κ1) is 9.27. The summed E-state index contributed by atoms with van der Waals surface area (Å²) in [6, 6.07) is 0. The molecular formula is C10H15N3O. The molecule has 0 spiro atoms. The number of morpholine rings is 1. The molecule has 1 saturated heterocycles. The Morgan fingerprint density at radius 1 is 1.43 bits per heavy atom. The Kier molecular flexibility index (Phi) is 2.54. The highest BCUT2D eigenvalue weighted by Gasteiger charge is 2.20. The van der Waals surface area contributed by atoms with Crippen LogP contribution < -0.4 is 0 Å². The highest BCUT2D eigenvalue weighted by atomic mass is 16.5. The summed E-state index contributed by atoms with van der Waals surface area (Å²) in [7, 11) is 1.98. The van der Waals surface area contributed by atoms with E-state index < -0.39 is 0 Å². The van der Waals surface area contributed by atoms with Gasteiger partial charge < -0.3 is 14.5 Å². The fraction of sp³-hybridized carbons (Fsp3) is 0.500. The first-order valence-corrected chi connectivity index (χ1v) is 4.78. The van der Waals surface area contributed by atoms with Gasteiger partial charge in [-0.2, -0.15) is 0 Å². The largest absolute Gasteiger partial charge is 0.378 e. The summed E-state index contributed by atoms with van der Waals surface area (Å²) in [5.74, 6) is 0.971. The van der Waals surface area contributed by atoms with Gasteiger partial charge in [0.15, 0.2) is 5.84 Å². The first-order chi connectivity index (χ1) is 6.79. The smallest absolute Gasteiger partial charge is 0.152 e. The van der Waals surface area contributed by atoms with Crippen molar-refractivity contribution in [2.75, 3.05) is 33.4 Å². The van der Waals surface area contributed by atoms with Crippen molar-refractivity contribution in [3.05, 3.63) is 24.7 Å². The van der Waals surface area contributed by atoms with Gasteiger partial charge in [-0.15, -0.1) is 0 Å². The highest BCUT2D eigenvalue weighted by molar-refractivity contribution is 5.98. The van der Waals surface area contributed by atoms with Crippen molar-refractivity contribution in [2.24, 2.45) is 4.99 Å². The summed E-state index contributed by atoms with van der Waals surface area (Å²) >= 11 is 0. The zero-order chi connectivity index (χ0) is 9.97. The van der Waals surface area contributed by atoms with Crippen molar-refractivity contribution in [2.45, 2.75) is 0 Å². The van der Waals surface area contributed by atoms with Crippen LogP contribution in [-0.2, 0) is 4.74 Å². The summed E-state index contributed by atoms with van der Waals surface area (Å²) in [5, 5.41) is 0. The van der Waals surface area contributed by atoms with E-state index in [9.17, 15) is 0 Å². The van der Waals surface area contributed by atoms with Crippen LogP contribution in [0.4, 0.5) is 0 Å². The lowest BCUT2D eigenvalue weighted by atomic mass is 10.3. The molecule has 76 valence electrons. The zero-order valence-electron chi connectivity index (χ0n) is 8.44. The van der Waals surface area contributed by atoms with E-state index in [1.165, 1.54) is 0 Å². The average molecular weight is 193 g/mol. The molecule has 2 heterocycles. The SMILES string of the molecule is C=C1C(N2CCOCC2)=NC=CN1C. The van der Waals surface area contributed by atoms with E-state index in [0.29, 0.717) is 0 Å². The molecule has 0 aromatic heterocycles. The number of amidine groups is 1. The highest BCUT2D eigenvalue weighted by Crippen LogP contribution is 2.13. The second kappa shape index (κ2) is 3.84. The van der Waals surface area contributed by atoms with E-state index in [-0.39, 0.29) is 0 Å². The Labute approximate surface area is 84.2 Å². The molecule has 0 bridgehead atoms. The van der Waals surface area contributed by atoms with Gasteiger partial charge in [-0.1, -0.05) is 6.58 Å². The number of ether oxygens (including phenoxy) is 1. The van der Waals surface area contributed by atoms with Gasteiger partial charge >= 0.3 is 0 Å². The summed E-state index contributed by atoms with van der Waals surface area (Å²) in [6.45, 7) is 7.37. The Morgan fingerprint density at radius 2 is 2.14 bits per heavy atom. The van der Waals surface area contributed by atoms with E-state index in [2.05, 4.69) is 16.5 Å². The van der Waals surface area contributed by atoms with Crippen LogP contribution in [0.3, 0.4) is 0 Å². The molecule has 0 aromatic carbocycles. The molecule has 1 fully saturated rings. The Hall–Kier alpha value is -1.29. The van der Waals surface area contributed by atoms with Gasteiger partial charge in [0.25, 0.3) is 0 Å². The van der Waals surface area contributed by atoms with Crippen LogP contribution >= 0.6 is 0 Å². The molecule has 2 rings (SSSR count). The molecule has 0 radical (unpaired) electrons. The van der Waals surface area contributed by atoms with Gasteiger partial charge in [0, 0.05) is 32.5 Å². The molecule has 0 aromatic rings. The Morgan fingerprint density at radius 3 is 2.86 bits per heavy atom. The normalized spacial score (nSPS) is 22.6. The van der Waals surface area contributed by atoms with Crippen LogP contribution in [0.25, 0.3) is 0 Å². The van der Waals surface area contributed by atoms with Crippen molar-refractivity contribution >= 4 is 5.84 Å². The zero-order valence-corrected chi connectivity index (χ0v) is 8.44. The quantitative estimate of drug-likeness (QED) is 0.565. The molecule has 2 aliphatic heterocycles. The monoisotopic (exact) mass is 193 g/mol. The van der Waals surface area contributed by atoms with E-state index in [4.69, 9.17) is 4.74 Å². The molecule has 2 aliphatic rings. The fourth-order valence-electron chi connectivity index (χ4n) is 1.57. The molecule has 0 amide bonds. The molecule has 4 nitrogen and oxygen atoms in total. The summed E-state index contributed by atoms with van der Waals surface area (Å²) < 4.78 is 5.29. The molecular weight excluding hydrogens is 178 g/mol. The second-order valence-electron chi connectivity index (χ2n) is 3.41. The number of nitrogens with zero attached hydrogens (tertiary/aromatic N) is 3. The topological polar surface area (TPSA) is 28.1 Å². The lowest BCUT2D eigenvalue weighted by Gasteiger charge is -2.33. The Bertz CT molecular complexity index is 290. The summed E-state index contributed by atoms with van der Waals surface area (Å²) in [6.07, 6.45) is 3.71. The van der Waals surface area contributed by atoms with Gasteiger partial charge in [-0.25, -0.2) is 4.99 Å². The minimum Gasteiger partial charge on any atom is -0.378 e. The van der Waals surface area contributed by atoms with E-state index in [1.807, 2.05) is 18.1 Å². The average Bonchev–Trinajstić information content (AvgIpc) is 2.23. The number of hydrogen-bond donors (Lipinski definition) is 0. The summed E-state index contributed by atoms with van der Waals surface area (Å²) in [5.41, 5.74) is 0.953. The van der Waals surface area contributed by atoms with Gasteiger partial charge in [-0.3, -0.25) is 0 Å². The number of likely N-dealkylation sites (N-methyl/N-ethyl adjacent to an activating group) is 1. The van der Waals surface area contributed by atoms with Gasteiger partial charge in [0.2, 0.25) is 0 Å². The fourth-order valence-corrected chi connectivity index (χ4v) is 1.57. The number of rotatable bonds is 0. The minimum atomic E-state index is 0.778. The summed E-state index contributed by atoms with van der Waals surface area (Å²) in [4.78, 5) is 8.55. The van der Waals surface area contributed by atoms with Crippen LogP contribution in [0.15, 0.2) is 29.7 Å². The van der Waals surface area contributed by atoms with Crippen molar-refractivity contribution in [1.29, 1.82) is 0 Å². The van der Waals surface area contributed by atoms with Crippen LogP contribution in [0.5, 0.6) is 0 Å². The number of hydrogen-bond acceptors (Lipinski definition) is 4. The first-order valence-electron chi connectivity index (χ1n) is 4.78. The van der Waals surface area contributed by atoms with Crippen LogP contribution in [0.1, 0.15) is 0 Å². The number of aliphatic imine (C=N–C) groups is 1. The van der Waals surface area contributed by atoms with Gasteiger partial charge in [0.1, 0.15) is 0 Å². The van der Waals surface area contributed by atoms with Gasteiger partial charge in [-0.05, 0) is 0 Å². The third-order valence-corrected chi connectivity index (χ3v) is 2.48. The van der Waals surface area contributed by atoms with Crippen molar-refractivity contribution < 1.29 is 4.74 Å². The van der Waals surface area contributed by atoms with E-state index in [1.54, 1.807) is 6.20 Å². The van der Waals surface area contributed by atoms with E-state index in [0.717, 1.165) is 37.8 Å². The maximum Gasteiger partial charge on any atom is 0.152 e. The Balaban J connectivity index is 2.12. The third kappa shape index (κ3) is 1.65. The van der Waals surface area contributed by atoms with Crippen LogP contribution in [-0.4, -0.2) is 49.0 Å². The second-order valence-corrected chi connectivity index (χ2v) is 3.41. The van der Waals surface area contributed by atoms with Crippen LogP contribution in [0.2, 0.25) is 0 Å². The van der Waals surface area contributed by atoms with Crippen LogP contribution in [0, 0.1) is 0 Å². The molecule has 14 heavy (non-hydrogen) atoms. The molecule has 0 aliphatic carbocycles. The van der Waals surface area contributed by atoms with Crippen molar-refractivity contribution in [3.8, 4) is 0 Å². The third-order valence-electron chi connectivity index (χ3n) is 2.48. The standard InChI is InChI=1S/C10H15N3O/c1-9-10(11-3-4-12(9)2)13-5-7-14-8-6-13/h3-4H,1,5-8H2,2H3. The predicted octanol–water partition coefficient (Wildman–Crippen LogP) is 0.647. The lowest BCUT2D eigenvalue weighted by Crippen LogP contribution is -2.43.